The zero-order valence-electron chi connectivity index (χ0n) is 18.8. The lowest BCUT2D eigenvalue weighted by Gasteiger charge is -2.22. The number of likely N-dealkylation sites (tertiary alicyclic amines) is 1. The molecule has 0 radical (unpaired) electrons. The molecule has 6 nitrogen and oxygen atoms in total. The summed E-state index contributed by atoms with van der Waals surface area (Å²) in [4.78, 5) is 15.0. The number of amides is 1. The van der Waals surface area contributed by atoms with E-state index in [1.807, 2.05) is 12.1 Å². The van der Waals surface area contributed by atoms with Crippen LogP contribution in [0.2, 0.25) is 0 Å². The van der Waals surface area contributed by atoms with Gasteiger partial charge in [0.2, 0.25) is 10.0 Å². The van der Waals surface area contributed by atoms with Crippen LogP contribution in [0.1, 0.15) is 47.2 Å². The first-order valence-corrected chi connectivity index (χ1v) is 13.7. The van der Waals surface area contributed by atoms with Crippen molar-refractivity contribution in [3.63, 3.8) is 0 Å². The third kappa shape index (κ3) is 6.49. The van der Waals surface area contributed by atoms with Gasteiger partial charge in [-0.2, -0.15) is 11.8 Å². The van der Waals surface area contributed by atoms with E-state index in [0.717, 1.165) is 31.4 Å². The zero-order valence-corrected chi connectivity index (χ0v) is 20.4. The molecule has 0 atom stereocenters. The third-order valence-corrected chi connectivity index (χ3v) is 8.13. The molecule has 0 saturated carbocycles. The van der Waals surface area contributed by atoms with Crippen molar-refractivity contribution >= 4 is 27.7 Å². The standard InChI is InChI=1S/C24H32N2O4S2/c1-19-9-5-6-10-20(19)18-31-16-13-25-32(28,29)21-11-12-23(30-2)22(17-21)24(27)26-14-7-3-4-8-15-26/h5-6,9-12,17,25H,3-4,7-8,13-16,18H2,1-2H3. The fraction of sp³-hybridized carbons (Fsp3) is 0.458. The number of sulfonamides is 1. The second-order valence-corrected chi connectivity index (χ2v) is 10.8. The summed E-state index contributed by atoms with van der Waals surface area (Å²) in [6.07, 6.45) is 4.16. The minimum Gasteiger partial charge on any atom is -0.496 e. The maximum Gasteiger partial charge on any atom is 0.257 e. The summed E-state index contributed by atoms with van der Waals surface area (Å²) in [6, 6.07) is 12.7. The highest BCUT2D eigenvalue weighted by atomic mass is 32.2. The number of benzene rings is 2. The van der Waals surface area contributed by atoms with Crippen LogP contribution >= 0.6 is 11.8 Å². The van der Waals surface area contributed by atoms with Crippen LogP contribution < -0.4 is 9.46 Å². The van der Waals surface area contributed by atoms with Crippen LogP contribution in [0.15, 0.2) is 47.4 Å². The average Bonchev–Trinajstić information content (AvgIpc) is 3.08. The molecule has 2 aromatic rings. The Labute approximate surface area is 195 Å². The molecule has 0 spiro atoms. The maximum atomic E-state index is 13.1. The van der Waals surface area contributed by atoms with E-state index in [2.05, 4.69) is 23.8 Å². The largest absolute Gasteiger partial charge is 0.496 e. The number of methoxy groups -OCH3 is 1. The molecule has 0 aromatic heterocycles. The van der Waals surface area contributed by atoms with Gasteiger partial charge in [-0.3, -0.25) is 4.79 Å². The molecular weight excluding hydrogens is 444 g/mol. The Bertz CT molecular complexity index is 1020. The van der Waals surface area contributed by atoms with E-state index in [1.54, 1.807) is 22.7 Å². The molecule has 0 unspecified atom stereocenters. The predicted molar refractivity (Wildman–Crippen MR) is 130 cm³/mol. The molecule has 1 heterocycles. The third-order valence-electron chi connectivity index (χ3n) is 5.66. The zero-order chi connectivity index (χ0) is 23.0. The van der Waals surface area contributed by atoms with Crippen molar-refractivity contribution < 1.29 is 17.9 Å². The minimum absolute atomic E-state index is 0.0837. The molecule has 1 aliphatic heterocycles. The summed E-state index contributed by atoms with van der Waals surface area (Å²) < 4.78 is 33.7. The number of hydrogen-bond donors (Lipinski definition) is 1. The van der Waals surface area contributed by atoms with Gasteiger partial charge in [0.05, 0.1) is 17.6 Å². The Kier molecular flexibility index (Phi) is 9.02. The maximum absolute atomic E-state index is 13.1. The lowest BCUT2D eigenvalue weighted by Crippen LogP contribution is -2.32. The van der Waals surface area contributed by atoms with Gasteiger partial charge >= 0.3 is 0 Å². The van der Waals surface area contributed by atoms with E-state index in [1.165, 1.54) is 30.4 Å². The van der Waals surface area contributed by atoms with Gasteiger partial charge in [0.1, 0.15) is 5.75 Å². The van der Waals surface area contributed by atoms with E-state index in [9.17, 15) is 13.2 Å². The molecular formula is C24H32N2O4S2. The topological polar surface area (TPSA) is 75.7 Å². The molecule has 0 aliphatic carbocycles. The number of rotatable bonds is 9. The first-order valence-electron chi connectivity index (χ1n) is 11.0. The molecule has 0 bridgehead atoms. The van der Waals surface area contributed by atoms with Gasteiger partial charge in [0.15, 0.2) is 0 Å². The van der Waals surface area contributed by atoms with Crippen LogP contribution in [0.25, 0.3) is 0 Å². The van der Waals surface area contributed by atoms with Crippen LogP contribution in [0.3, 0.4) is 0 Å². The Morgan fingerprint density at radius 1 is 1.09 bits per heavy atom. The van der Waals surface area contributed by atoms with Crippen LogP contribution in [0.5, 0.6) is 5.75 Å². The molecule has 1 saturated heterocycles. The fourth-order valence-corrected chi connectivity index (χ4v) is 5.87. The van der Waals surface area contributed by atoms with E-state index in [0.29, 0.717) is 36.7 Å². The van der Waals surface area contributed by atoms with Crippen LogP contribution in [0, 0.1) is 6.92 Å². The highest BCUT2D eigenvalue weighted by Gasteiger charge is 2.24. The SMILES string of the molecule is COc1ccc(S(=O)(=O)NCCSCc2ccccc2C)cc1C(=O)N1CCCCCC1. The summed E-state index contributed by atoms with van der Waals surface area (Å²) in [6.45, 7) is 3.78. The molecule has 3 rings (SSSR count). The van der Waals surface area contributed by atoms with E-state index < -0.39 is 10.0 Å². The van der Waals surface area contributed by atoms with Gasteiger partial charge in [-0.05, 0) is 49.1 Å². The number of carbonyl (C=O) groups is 1. The molecule has 8 heteroatoms. The number of nitrogens with one attached hydrogen (secondary N) is 1. The Morgan fingerprint density at radius 3 is 2.50 bits per heavy atom. The average molecular weight is 477 g/mol. The quantitative estimate of drug-likeness (QED) is 0.548. The van der Waals surface area contributed by atoms with Gasteiger partial charge < -0.3 is 9.64 Å². The van der Waals surface area contributed by atoms with Crippen molar-refractivity contribution in [1.29, 1.82) is 0 Å². The smallest absolute Gasteiger partial charge is 0.257 e. The van der Waals surface area contributed by atoms with Crippen molar-refractivity contribution in [2.75, 3.05) is 32.5 Å². The van der Waals surface area contributed by atoms with Gasteiger partial charge in [0.25, 0.3) is 5.91 Å². The summed E-state index contributed by atoms with van der Waals surface area (Å²) >= 11 is 1.68. The number of thioether (sulfide) groups is 1. The molecule has 1 amide bonds. The van der Waals surface area contributed by atoms with Crippen molar-refractivity contribution in [2.24, 2.45) is 0 Å². The number of ether oxygens (including phenoxy) is 1. The second-order valence-electron chi connectivity index (χ2n) is 7.95. The molecule has 1 N–H and O–H groups in total. The Hall–Kier alpha value is -2.03. The Morgan fingerprint density at radius 2 is 1.81 bits per heavy atom. The normalized spacial score (nSPS) is 14.8. The highest BCUT2D eigenvalue weighted by molar-refractivity contribution is 7.98. The highest BCUT2D eigenvalue weighted by Crippen LogP contribution is 2.25. The minimum atomic E-state index is -3.72. The van der Waals surface area contributed by atoms with Gasteiger partial charge in [-0.1, -0.05) is 37.1 Å². The first kappa shape index (κ1) is 24.6. The summed E-state index contributed by atoms with van der Waals surface area (Å²) in [5.41, 5.74) is 2.79. The van der Waals surface area contributed by atoms with Crippen molar-refractivity contribution in [2.45, 2.75) is 43.3 Å². The number of aryl methyl sites for hydroxylation is 1. The van der Waals surface area contributed by atoms with Crippen molar-refractivity contribution in [1.82, 2.24) is 9.62 Å². The molecule has 32 heavy (non-hydrogen) atoms. The molecule has 174 valence electrons. The van der Waals surface area contributed by atoms with Gasteiger partial charge in [-0.15, -0.1) is 0 Å². The summed E-state index contributed by atoms with van der Waals surface area (Å²) in [7, 11) is -2.23. The molecule has 1 aliphatic rings. The number of hydrogen-bond acceptors (Lipinski definition) is 5. The van der Waals surface area contributed by atoms with Gasteiger partial charge in [-0.25, -0.2) is 13.1 Å². The van der Waals surface area contributed by atoms with Gasteiger partial charge in [0, 0.05) is 31.1 Å². The van der Waals surface area contributed by atoms with E-state index in [4.69, 9.17) is 4.74 Å². The number of nitrogens with zero attached hydrogens (tertiary/aromatic N) is 1. The Balaban J connectivity index is 1.63. The van der Waals surface area contributed by atoms with Crippen LogP contribution in [0.4, 0.5) is 0 Å². The predicted octanol–water partition coefficient (Wildman–Crippen LogP) is 4.23. The first-order chi connectivity index (χ1) is 15.4. The second kappa shape index (κ2) is 11.7. The van der Waals surface area contributed by atoms with Crippen molar-refractivity contribution in [3.8, 4) is 5.75 Å². The van der Waals surface area contributed by atoms with E-state index >= 15 is 0 Å². The van der Waals surface area contributed by atoms with E-state index in [-0.39, 0.29) is 10.8 Å². The lowest BCUT2D eigenvalue weighted by molar-refractivity contribution is 0.0758. The monoisotopic (exact) mass is 476 g/mol. The van der Waals surface area contributed by atoms with Crippen LogP contribution in [-0.4, -0.2) is 51.7 Å². The van der Waals surface area contributed by atoms with Crippen molar-refractivity contribution in [3.05, 3.63) is 59.2 Å². The van der Waals surface area contributed by atoms with Crippen LogP contribution in [-0.2, 0) is 15.8 Å². The summed E-state index contributed by atoms with van der Waals surface area (Å²) in [5, 5.41) is 0. The molecule has 1 fully saturated rings. The lowest BCUT2D eigenvalue weighted by atomic mass is 10.1. The number of carbonyl (C=O) groups excluding carboxylic acids is 1. The molecule has 2 aromatic carbocycles. The summed E-state index contributed by atoms with van der Waals surface area (Å²) in [5.74, 6) is 1.72. The fourth-order valence-electron chi connectivity index (χ4n) is 3.75.